The molecule has 2 aromatic carbocycles. The third-order valence-electron chi connectivity index (χ3n) is 4.17. The molecule has 4 rings (SSSR count). The number of aromatic nitrogens is 2. The van der Waals surface area contributed by atoms with Gasteiger partial charge in [-0.2, -0.15) is 0 Å². The minimum atomic E-state index is 0.211. The summed E-state index contributed by atoms with van der Waals surface area (Å²) in [5, 5.41) is 11.0. The van der Waals surface area contributed by atoms with Crippen molar-refractivity contribution in [2.45, 2.75) is 24.5 Å². The van der Waals surface area contributed by atoms with Gasteiger partial charge in [-0.3, -0.25) is 4.79 Å². The van der Waals surface area contributed by atoms with Gasteiger partial charge in [0.2, 0.25) is 11.8 Å². The third kappa shape index (κ3) is 3.14. The number of thioether (sulfide) groups is 1. The maximum atomic E-state index is 11.8. The predicted octanol–water partition coefficient (Wildman–Crippen LogP) is 3.95. The summed E-state index contributed by atoms with van der Waals surface area (Å²) in [5.41, 5.74) is 0.905. The van der Waals surface area contributed by atoms with Gasteiger partial charge in [0.05, 0.1) is 5.88 Å². The molecular formula is C18H17N3O2S. The Kier molecular flexibility index (Phi) is 4.21. The molecule has 1 aliphatic rings. The van der Waals surface area contributed by atoms with Gasteiger partial charge in [0.1, 0.15) is 0 Å². The summed E-state index contributed by atoms with van der Waals surface area (Å²) >= 11 is 1.41. The molecule has 0 radical (unpaired) electrons. The van der Waals surface area contributed by atoms with Crippen LogP contribution >= 0.6 is 11.8 Å². The molecule has 0 atom stereocenters. The Hall–Kier alpha value is -2.34. The molecule has 0 N–H and O–H groups in total. The molecule has 122 valence electrons. The summed E-state index contributed by atoms with van der Waals surface area (Å²) in [6.45, 7) is 0.817. The predicted molar refractivity (Wildman–Crippen MR) is 93.5 cm³/mol. The average molecular weight is 339 g/mol. The van der Waals surface area contributed by atoms with Gasteiger partial charge in [0.15, 0.2) is 0 Å². The fourth-order valence-corrected chi connectivity index (χ4v) is 3.61. The smallest absolute Gasteiger partial charge is 0.278 e. The van der Waals surface area contributed by atoms with Crippen LogP contribution in [0.25, 0.3) is 22.2 Å². The number of hydrogen-bond donors (Lipinski definition) is 0. The lowest BCUT2D eigenvalue weighted by atomic mass is 10.1. The second-order valence-electron chi connectivity index (χ2n) is 5.82. The molecule has 0 bridgehead atoms. The average Bonchev–Trinajstić information content (AvgIpc) is 3.10. The molecule has 0 saturated carbocycles. The number of hydrogen-bond acceptors (Lipinski definition) is 5. The van der Waals surface area contributed by atoms with Gasteiger partial charge in [-0.1, -0.05) is 30.3 Å². The normalized spacial score (nSPS) is 15.2. The number of nitrogens with zero attached hydrogens (tertiary/aromatic N) is 3. The fraction of sp³-hybridized carbons (Fsp3) is 0.278. The third-order valence-corrected chi connectivity index (χ3v) is 5.02. The van der Waals surface area contributed by atoms with Gasteiger partial charge < -0.3 is 9.32 Å². The summed E-state index contributed by atoms with van der Waals surface area (Å²) < 4.78 is 5.75. The highest BCUT2D eigenvalue weighted by atomic mass is 32.2. The SMILES string of the molecule is O=C1CCCCN1CSc1nnc(-c2ccc3ccccc3c2)o1. The van der Waals surface area contributed by atoms with Crippen LogP contribution in [-0.4, -0.2) is 33.4 Å². The van der Waals surface area contributed by atoms with Crippen molar-refractivity contribution in [2.24, 2.45) is 0 Å². The van der Waals surface area contributed by atoms with Crippen molar-refractivity contribution in [1.82, 2.24) is 15.1 Å². The van der Waals surface area contributed by atoms with Crippen LogP contribution in [0.1, 0.15) is 19.3 Å². The number of rotatable bonds is 4. The highest BCUT2D eigenvalue weighted by Crippen LogP contribution is 2.27. The summed E-state index contributed by atoms with van der Waals surface area (Å²) in [4.78, 5) is 13.7. The summed E-state index contributed by atoms with van der Waals surface area (Å²) in [7, 11) is 0. The van der Waals surface area contributed by atoms with Gasteiger partial charge in [-0.15, -0.1) is 10.2 Å². The molecule has 0 unspecified atom stereocenters. The fourth-order valence-electron chi connectivity index (χ4n) is 2.84. The van der Waals surface area contributed by atoms with Crippen LogP contribution in [0.3, 0.4) is 0 Å². The largest absolute Gasteiger partial charge is 0.411 e. The number of fused-ring (bicyclic) bond motifs is 1. The van der Waals surface area contributed by atoms with Crippen molar-refractivity contribution >= 4 is 28.4 Å². The Morgan fingerprint density at radius 3 is 2.83 bits per heavy atom. The number of carbonyl (C=O) groups is 1. The summed E-state index contributed by atoms with van der Waals surface area (Å²) in [6.07, 6.45) is 2.71. The lowest BCUT2D eigenvalue weighted by Gasteiger charge is -2.25. The van der Waals surface area contributed by atoms with E-state index in [1.807, 2.05) is 35.2 Å². The van der Waals surface area contributed by atoms with Gasteiger partial charge in [-0.25, -0.2) is 0 Å². The molecule has 1 saturated heterocycles. The van der Waals surface area contributed by atoms with Crippen molar-refractivity contribution < 1.29 is 9.21 Å². The van der Waals surface area contributed by atoms with E-state index in [4.69, 9.17) is 4.42 Å². The molecule has 0 spiro atoms. The van der Waals surface area contributed by atoms with Crippen LogP contribution in [0.5, 0.6) is 0 Å². The molecule has 3 aromatic rings. The lowest BCUT2D eigenvalue weighted by Crippen LogP contribution is -2.34. The van der Waals surface area contributed by atoms with Crippen LogP contribution in [0, 0.1) is 0 Å². The molecule has 1 aliphatic heterocycles. The highest BCUT2D eigenvalue weighted by Gasteiger charge is 2.19. The van der Waals surface area contributed by atoms with Crippen molar-refractivity contribution in [3.63, 3.8) is 0 Å². The van der Waals surface area contributed by atoms with E-state index in [-0.39, 0.29) is 5.91 Å². The lowest BCUT2D eigenvalue weighted by molar-refractivity contribution is -0.132. The number of benzene rings is 2. The molecular weight excluding hydrogens is 322 g/mol. The van der Waals surface area contributed by atoms with E-state index in [1.54, 1.807) is 0 Å². The maximum Gasteiger partial charge on any atom is 0.278 e. The molecule has 1 fully saturated rings. The van der Waals surface area contributed by atoms with E-state index in [2.05, 4.69) is 22.3 Å². The zero-order chi connectivity index (χ0) is 16.4. The molecule has 2 heterocycles. The first-order chi connectivity index (χ1) is 11.8. The molecule has 0 aliphatic carbocycles. The van der Waals surface area contributed by atoms with Crippen LogP contribution in [0.4, 0.5) is 0 Å². The van der Waals surface area contributed by atoms with Crippen LogP contribution in [-0.2, 0) is 4.79 Å². The van der Waals surface area contributed by atoms with Gasteiger partial charge in [-0.05, 0) is 47.5 Å². The van der Waals surface area contributed by atoms with Crippen molar-refractivity contribution in [3.8, 4) is 11.5 Å². The summed E-state index contributed by atoms with van der Waals surface area (Å²) in [5.74, 6) is 1.29. The number of piperidine rings is 1. The minimum Gasteiger partial charge on any atom is -0.411 e. The molecule has 6 heteroatoms. The van der Waals surface area contributed by atoms with E-state index >= 15 is 0 Å². The van der Waals surface area contributed by atoms with Gasteiger partial charge in [0, 0.05) is 18.5 Å². The van der Waals surface area contributed by atoms with Crippen LogP contribution in [0.2, 0.25) is 0 Å². The zero-order valence-electron chi connectivity index (χ0n) is 13.1. The quantitative estimate of drug-likeness (QED) is 0.674. The Balaban J connectivity index is 1.48. The zero-order valence-corrected chi connectivity index (χ0v) is 14.0. The van der Waals surface area contributed by atoms with Crippen LogP contribution in [0.15, 0.2) is 52.1 Å². The molecule has 5 nitrogen and oxygen atoms in total. The van der Waals surface area contributed by atoms with E-state index in [0.717, 1.165) is 30.3 Å². The Labute approximate surface area is 144 Å². The van der Waals surface area contributed by atoms with Crippen LogP contribution < -0.4 is 0 Å². The highest BCUT2D eigenvalue weighted by molar-refractivity contribution is 7.99. The summed E-state index contributed by atoms with van der Waals surface area (Å²) in [6, 6.07) is 14.2. The topological polar surface area (TPSA) is 59.2 Å². The first kappa shape index (κ1) is 15.2. The Morgan fingerprint density at radius 2 is 1.96 bits per heavy atom. The Bertz CT molecular complexity index is 877. The van der Waals surface area contributed by atoms with E-state index < -0.39 is 0 Å². The van der Waals surface area contributed by atoms with Gasteiger partial charge in [0.25, 0.3) is 5.22 Å². The number of likely N-dealkylation sites (tertiary alicyclic amines) is 1. The van der Waals surface area contributed by atoms with Crippen molar-refractivity contribution in [3.05, 3.63) is 42.5 Å². The first-order valence-electron chi connectivity index (χ1n) is 8.03. The van der Waals surface area contributed by atoms with Crippen molar-refractivity contribution in [1.29, 1.82) is 0 Å². The standard InChI is InChI=1S/C18H17N3O2S/c22-16-7-3-4-10-21(16)12-24-18-20-19-17(23-18)15-9-8-13-5-1-2-6-14(13)11-15/h1-2,5-6,8-9,11H,3-4,7,10,12H2. The number of carbonyl (C=O) groups excluding carboxylic acids is 1. The van der Waals surface area contributed by atoms with Gasteiger partial charge >= 0.3 is 0 Å². The molecule has 1 amide bonds. The second-order valence-corrected chi connectivity index (χ2v) is 6.72. The number of amides is 1. The monoisotopic (exact) mass is 339 g/mol. The first-order valence-corrected chi connectivity index (χ1v) is 9.01. The van der Waals surface area contributed by atoms with E-state index in [9.17, 15) is 4.79 Å². The minimum absolute atomic E-state index is 0.211. The maximum absolute atomic E-state index is 11.8. The van der Waals surface area contributed by atoms with Crippen molar-refractivity contribution in [2.75, 3.05) is 12.4 Å². The van der Waals surface area contributed by atoms with E-state index in [1.165, 1.54) is 17.1 Å². The molecule has 24 heavy (non-hydrogen) atoms. The second kappa shape index (κ2) is 6.65. The van der Waals surface area contributed by atoms with E-state index in [0.29, 0.717) is 23.4 Å². The Morgan fingerprint density at radius 1 is 1.08 bits per heavy atom. The molecule has 1 aromatic heterocycles.